The van der Waals surface area contributed by atoms with Crippen molar-refractivity contribution in [3.05, 3.63) is 48.2 Å². The van der Waals surface area contributed by atoms with Crippen molar-refractivity contribution in [3.8, 4) is 17.3 Å². The molecule has 0 bridgehead atoms. The summed E-state index contributed by atoms with van der Waals surface area (Å²) in [4.78, 5) is 7.82. The van der Waals surface area contributed by atoms with Crippen molar-refractivity contribution in [3.63, 3.8) is 0 Å². The van der Waals surface area contributed by atoms with Crippen LogP contribution < -0.4 is 0 Å². The molecule has 1 aromatic heterocycles. The van der Waals surface area contributed by atoms with Gasteiger partial charge in [0, 0.05) is 18.0 Å². The smallest absolute Gasteiger partial charge is 0.132 e. The van der Waals surface area contributed by atoms with Gasteiger partial charge in [0.1, 0.15) is 5.82 Å². The van der Waals surface area contributed by atoms with Gasteiger partial charge in [0.05, 0.1) is 23.5 Å². The molecule has 0 atom stereocenters. The van der Waals surface area contributed by atoms with Crippen molar-refractivity contribution in [2.45, 2.75) is 0 Å². The standard InChI is InChI=1S/C11H6FN3/c12-10-2-1-8(6-13)5-9(10)11-7-14-3-4-15-11/h1-5,7H. The van der Waals surface area contributed by atoms with E-state index in [2.05, 4.69) is 9.97 Å². The molecule has 0 aliphatic rings. The third kappa shape index (κ3) is 1.81. The predicted octanol–water partition coefficient (Wildman–Crippen LogP) is 2.15. The first-order valence-corrected chi connectivity index (χ1v) is 4.27. The first-order chi connectivity index (χ1) is 7.31. The molecule has 0 aliphatic carbocycles. The summed E-state index contributed by atoms with van der Waals surface area (Å²) in [6.45, 7) is 0. The van der Waals surface area contributed by atoms with Crippen molar-refractivity contribution in [1.29, 1.82) is 5.26 Å². The molecular weight excluding hydrogens is 193 g/mol. The summed E-state index contributed by atoms with van der Waals surface area (Å²) in [6, 6.07) is 6.09. The van der Waals surface area contributed by atoms with Gasteiger partial charge < -0.3 is 0 Å². The zero-order valence-corrected chi connectivity index (χ0v) is 7.68. The molecule has 0 fully saturated rings. The maximum absolute atomic E-state index is 13.4. The van der Waals surface area contributed by atoms with E-state index in [1.807, 2.05) is 6.07 Å². The van der Waals surface area contributed by atoms with Gasteiger partial charge in [-0.05, 0) is 18.2 Å². The van der Waals surface area contributed by atoms with Crippen LogP contribution in [-0.2, 0) is 0 Å². The summed E-state index contributed by atoms with van der Waals surface area (Å²) in [5, 5.41) is 8.69. The number of halogens is 1. The highest BCUT2D eigenvalue weighted by Gasteiger charge is 2.06. The van der Waals surface area contributed by atoms with E-state index in [1.165, 1.54) is 36.8 Å². The number of aromatic nitrogens is 2. The van der Waals surface area contributed by atoms with E-state index < -0.39 is 5.82 Å². The summed E-state index contributed by atoms with van der Waals surface area (Å²) in [5.74, 6) is -0.408. The molecule has 0 saturated heterocycles. The Balaban J connectivity index is 2.58. The minimum absolute atomic E-state index is 0.294. The van der Waals surface area contributed by atoms with E-state index in [0.717, 1.165) is 0 Å². The van der Waals surface area contributed by atoms with Crippen LogP contribution in [-0.4, -0.2) is 9.97 Å². The highest BCUT2D eigenvalue weighted by Crippen LogP contribution is 2.20. The Kier molecular flexibility index (Phi) is 2.38. The molecule has 2 rings (SSSR count). The van der Waals surface area contributed by atoms with E-state index in [9.17, 15) is 4.39 Å². The summed E-state index contributed by atoms with van der Waals surface area (Å²) < 4.78 is 13.4. The number of nitrogens with zero attached hydrogens (tertiary/aromatic N) is 3. The lowest BCUT2D eigenvalue weighted by Gasteiger charge is -2.01. The lowest BCUT2D eigenvalue weighted by molar-refractivity contribution is 0.630. The SMILES string of the molecule is N#Cc1ccc(F)c(-c2cnccn2)c1. The van der Waals surface area contributed by atoms with Gasteiger partial charge in [-0.1, -0.05) is 0 Å². The minimum atomic E-state index is -0.408. The van der Waals surface area contributed by atoms with Crippen molar-refractivity contribution in [2.24, 2.45) is 0 Å². The summed E-state index contributed by atoms with van der Waals surface area (Å²) in [6.07, 6.45) is 4.45. The van der Waals surface area contributed by atoms with Gasteiger partial charge in [-0.25, -0.2) is 4.39 Å². The molecule has 0 aliphatic heterocycles. The Morgan fingerprint density at radius 3 is 2.80 bits per heavy atom. The van der Waals surface area contributed by atoms with Crippen LogP contribution in [0.25, 0.3) is 11.3 Å². The van der Waals surface area contributed by atoms with Crippen LogP contribution >= 0.6 is 0 Å². The van der Waals surface area contributed by atoms with E-state index in [1.54, 1.807) is 0 Å². The molecule has 1 heterocycles. The average molecular weight is 199 g/mol. The molecule has 72 valence electrons. The zero-order chi connectivity index (χ0) is 10.7. The average Bonchev–Trinajstić information content (AvgIpc) is 2.31. The van der Waals surface area contributed by atoms with E-state index in [-0.39, 0.29) is 0 Å². The number of rotatable bonds is 1. The molecule has 2 aromatic rings. The second-order valence-electron chi connectivity index (χ2n) is 2.90. The number of hydrogen-bond donors (Lipinski definition) is 0. The molecule has 15 heavy (non-hydrogen) atoms. The zero-order valence-electron chi connectivity index (χ0n) is 7.68. The minimum Gasteiger partial charge on any atom is -0.261 e. The fourth-order valence-electron chi connectivity index (χ4n) is 1.23. The highest BCUT2D eigenvalue weighted by atomic mass is 19.1. The van der Waals surface area contributed by atoms with Crippen molar-refractivity contribution < 1.29 is 4.39 Å². The molecule has 1 aromatic carbocycles. The Hall–Kier alpha value is -2.28. The van der Waals surface area contributed by atoms with Gasteiger partial charge in [0.2, 0.25) is 0 Å². The lowest BCUT2D eigenvalue weighted by Crippen LogP contribution is -1.89. The van der Waals surface area contributed by atoms with Crippen LogP contribution in [0.1, 0.15) is 5.56 Å². The normalized spacial score (nSPS) is 9.60. The first-order valence-electron chi connectivity index (χ1n) is 4.27. The van der Waals surface area contributed by atoms with Gasteiger partial charge >= 0.3 is 0 Å². The van der Waals surface area contributed by atoms with E-state index in [4.69, 9.17) is 5.26 Å². The van der Waals surface area contributed by atoms with Crippen molar-refractivity contribution >= 4 is 0 Å². The van der Waals surface area contributed by atoms with Gasteiger partial charge in [0.15, 0.2) is 0 Å². The molecular formula is C11H6FN3. The molecule has 0 saturated carbocycles. The topological polar surface area (TPSA) is 49.6 Å². The highest BCUT2D eigenvalue weighted by molar-refractivity contribution is 5.61. The van der Waals surface area contributed by atoms with Crippen molar-refractivity contribution in [2.75, 3.05) is 0 Å². The fourth-order valence-corrected chi connectivity index (χ4v) is 1.23. The Morgan fingerprint density at radius 2 is 2.13 bits per heavy atom. The molecule has 0 unspecified atom stereocenters. The lowest BCUT2D eigenvalue weighted by atomic mass is 10.1. The quantitative estimate of drug-likeness (QED) is 0.707. The van der Waals surface area contributed by atoms with E-state index in [0.29, 0.717) is 16.8 Å². The molecule has 0 radical (unpaired) electrons. The van der Waals surface area contributed by atoms with E-state index >= 15 is 0 Å². The second-order valence-corrected chi connectivity index (χ2v) is 2.90. The predicted molar refractivity (Wildman–Crippen MR) is 52.1 cm³/mol. The third-order valence-corrected chi connectivity index (χ3v) is 1.93. The monoisotopic (exact) mass is 199 g/mol. The summed E-state index contributed by atoms with van der Waals surface area (Å²) in [7, 11) is 0. The number of hydrogen-bond acceptors (Lipinski definition) is 3. The maximum Gasteiger partial charge on any atom is 0.132 e. The van der Waals surface area contributed by atoms with Crippen LogP contribution in [0.2, 0.25) is 0 Å². The third-order valence-electron chi connectivity index (χ3n) is 1.93. The summed E-state index contributed by atoms with van der Waals surface area (Å²) >= 11 is 0. The Morgan fingerprint density at radius 1 is 1.27 bits per heavy atom. The molecule has 0 amide bonds. The van der Waals surface area contributed by atoms with Gasteiger partial charge in [-0.2, -0.15) is 5.26 Å². The van der Waals surface area contributed by atoms with Crippen LogP contribution in [0.5, 0.6) is 0 Å². The molecule has 0 N–H and O–H groups in total. The van der Waals surface area contributed by atoms with Gasteiger partial charge in [-0.3, -0.25) is 9.97 Å². The van der Waals surface area contributed by atoms with Crippen LogP contribution in [0.4, 0.5) is 4.39 Å². The molecule has 3 nitrogen and oxygen atoms in total. The van der Waals surface area contributed by atoms with Crippen molar-refractivity contribution in [1.82, 2.24) is 9.97 Å². The van der Waals surface area contributed by atoms with Gasteiger partial charge in [0.25, 0.3) is 0 Å². The molecule has 0 spiro atoms. The largest absolute Gasteiger partial charge is 0.261 e. The summed E-state index contributed by atoms with van der Waals surface area (Å²) in [5.41, 5.74) is 1.12. The van der Waals surface area contributed by atoms with Crippen LogP contribution in [0.15, 0.2) is 36.8 Å². The Bertz CT molecular complexity index is 517. The first kappa shape index (κ1) is 9.28. The number of benzene rings is 1. The van der Waals surface area contributed by atoms with Crippen LogP contribution in [0, 0.1) is 17.1 Å². The molecule has 4 heteroatoms. The maximum atomic E-state index is 13.4. The fraction of sp³-hybridized carbons (Fsp3) is 0. The van der Waals surface area contributed by atoms with Gasteiger partial charge in [-0.15, -0.1) is 0 Å². The second kappa shape index (κ2) is 3.84. The van der Waals surface area contributed by atoms with Crippen LogP contribution in [0.3, 0.4) is 0 Å². The number of nitriles is 1. The Labute approximate surface area is 85.9 Å².